The highest BCUT2D eigenvalue weighted by atomic mass is 16.5. The Kier molecular flexibility index (Phi) is 3.94. The first kappa shape index (κ1) is 11.9. The zero-order valence-corrected chi connectivity index (χ0v) is 10.0. The topological polar surface area (TPSA) is 57.9 Å². The lowest BCUT2D eigenvalue weighted by molar-refractivity contribution is 0.0622. The lowest BCUT2D eigenvalue weighted by Crippen LogP contribution is -2.31. The number of nitrogens with one attached hydrogen (secondary N) is 1. The second-order valence-corrected chi connectivity index (χ2v) is 4.39. The van der Waals surface area contributed by atoms with Crippen LogP contribution in [0, 0.1) is 17.2 Å². The summed E-state index contributed by atoms with van der Waals surface area (Å²) < 4.78 is 5.35. The lowest BCUT2D eigenvalue weighted by Gasteiger charge is -2.29. The molecule has 1 fully saturated rings. The van der Waals surface area contributed by atoms with Gasteiger partial charge in [-0.15, -0.1) is 0 Å². The van der Waals surface area contributed by atoms with Crippen molar-refractivity contribution in [3.05, 3.63) is 24.0 Å². The van der Waals surface area contributed by atoms with Gasteiger partial charge in [0.15, 0.2) is 5.69 Å². The minimum atomic E-state index is 0.343. The summed E-state index contributed by atoms with van der Waals surface area (Å²) in [7, 11) is 0. The van der Waals surface area contributed by atoms with Crippen LogP contribution < -0.4 is 5.32 Å². The van der Waals surface area contributed by atoms with Gasteiger partial charge in [0.1, 0.15) is 6.07 Å². The molecule has 1 aromatic heterocycles. The van der Waals surface area contributed by atoms with E-state index in [9.17, 15) is 0 Å². The van der Waals surface area contributed by atoms with Crippen molar-refractivity contribution in [2.45, 2.75) is 25.8 Å². The average molecular weight is 231 g/mol. The van der Waals surface area contributed by atoms with Crippen LogP contribution in [-0.2, 0) is 4.74 Å². The van der Waals surface area contributed by atoms with E-state index < -0.39 is 0 Å². The van der Waals surface area contributed by atoms with Crippen molar-refractivity contribution in [3.63, 3.8) is 0 Å². The maximum atomic E-state index is 8.97. The molecule has 0 saturated carbocycles. The van der Waals surface area contributed by atoms with Crippen LogP contribution >= 0.6 is 0 Å². The average Bonchev–Trinajstić information content (AvgIpc) is 2.40. The number of rotatable bonds is 3. The zero-order valence-electron chi connectivity index (χ0n) is 10.0. The zero-order chi connectivity index (χ0) is 12.1. The van der Waals surface area contributed by atoms with Gasteiger partial charge in [-0.1, -0.05) is 0 Å². The molecule has 17 heavy (non-hydrogen) atoms. The maximum Gasteiger partial charge on any atom is 0.163 e. The summed E-state index contributed by atoms with van der Waals surface area (Å²) in [4.78, 5) is 4.05. The highest BCUT2D eigenvalue weighted by molar-refractivity contribution is 5.53. The van der Waals surface area contributed by atoms with Crippen LogP contribution in [0.4, 0.5) is 5.69 Å². The minimum absolute atomic E-state index is 0.343. The molecule has 0 radical (unpaired) electrons. The Morgan fingerprint density at radius 1 is 1.53 bits per heavy atom. The summed E-state index contributed by atoms with van der Waals surface area (Å²) in [5, 5.41) is 12.4. The van der Waals surface area contributed by atoms with Gasteiger partial charge in [-0.25, -0.2) is 4.98 Å². The van der Waals surface area contributed by atoms with Crippen LogP contribution in [0.1, 0.15) is 25.5 Å². The second kappa shape index (κ2) is 5.65. The van der Waals surface area contributed by atoms with E-state index in [4.69, 9.17) is 10.00 Å². The lowest BCUT2D eigenvalue weighted by atomic mass is 9.93. The van der Waals surface area contributed by atoms with Gasteiger partial charge in [-0.05, 0) is 37.8 Å². The summed E-state index contributed by atoms with van der Waals surface area (Å²) in [5.74, 6) is 0.607. The molecule has 1 aromatic rings. The van der Waals surface area contributed by atoms with E-state index in [1.54, 1.807) is 6.20 Å². The first-order valence-electron chi connectivity index (χ1n) is 6.00. The first-order chi connectivity index (χ1) is 8.31. The number of anilines is 1. The van der Waals surface area contributed by atoms with Crippen molar-refractivity contribution in [1.29, 1.82) is 5.26 Å². The highest BCUT2D eigenvalue weighted by Crippen LogP contribution is 2.22. The third-order valence-electron chi connectivity index (χ3n) is 3.27. The second-order valence-electron chi connectivity index (χ2n) is 4.39. The fourth-order valence-corrected chi connectivity index (χ4v) is 2.19. The molecule has 0 aromatic carbocycles. The van der Waals surface area contributed by atoms with Gasteiger partial charge in [-0.2, -0.15) is 5.26 Å². The molecule has 1 aliphatic heterocycles. The molecule has 1 atom stereocenters. The fraction of sp³-hybridized carbons (Fsp3) is 0.538. The summed E-state index contributed by atoms with van der Waals surface area (Å²) in [5.41, 5.74) is 1.29. The Morgan fingerprint density at radius 3 is 3.00 bits per heavy atom. The van der Waals surface area contributed by atoms with Crippen molar-refractivity contribution < 1.29 is 4.74 Å². The smallest absolute Gasteiger partial charge is 0.163 e. The van der Waals surface area contributed by atoms with Gasteiger partial charge in [0.2, 0.25) is 0 Å². The van der Waals surface area contributed by atoms with E-state index in [2.05, 4.69) is 23.3 Å². The predicted molar refractivity (Wildman–Crippen MR) is 65.6 cm³/mol. The predicted octanol–water partition coefficient (Wildman–Crippen LogP) is 2.18. The van der Waals surface area contributed by atoms with Crippen LogP contribution in [0.25, 0.3) is 0 Å². The molecule has 4 heteroatoms. The maximum absolute atomic E-state index is 8.97. The van der Waals surface area contributed by atoms with Crippen LogP contribution in [0.5, 0.6) is 0 Å². The van der Waals surface area contributed by atoms with E-state index >= 15 is 0 Å². The van der Waals surface area contributed by atoms with Gasteiger partial charge in [0, 0.05) is 25.5 Å². The Morgan fingerprint density at radius 2 is 2.29 bits per heavy atom. The van der Waals surface area contributed by atoms with Crippen molar-refractivity contribution in [2.24, 2.45) is 5.92 Å². The Hall–Kier alpha value is -1.60. The fourth-order valence-electron chi connectivity index (χ4n) is 2.19. The van der Waals surface area contributed by atoms with Gasteiger partial charge in [0.05, 0.1) is 5.69 Å². The Bertz CT molecular complexity index is 407. The summed E-state index contributed by atoms with van der Waals surface area (Å²) in [6.45, 7) is 3.84. The molecule has 0 amide bonds. The molecular formula is C13H17N3O. The van der Waals surface area contributed by atoms with E-state index in [1.165, 1.54) is 0 Å². The van der Waals surface area contributed by atoms with Gasteiger partial charge < -0.3 is 10.1 Å². The first-order valence-corrected chi connectivity index (χ1v) is 6.00. The third kappa shape index (κ3) is 2.95. The van der Waals surface area contributed by atoms with Crippen molar-refractivity contribution >= 4 is 5.69 Å². The standard InChI is InChI=1S/C13H17N3O/c1-10(11-4-7-17-8-5-11)16-12-3-2-6-15-13(12)9-14/h2-3,6,10-11,16H,4-5,7-8H2,1H3. The molecule has 0 spiro atoms. The van der Waals surface area contributed by atoms with Crippen molar-refractivity contribution in [3.8, 4) is 6.07 Å². The molecule has 1 saturated heterocycles. The number of nitriles is 1. The largest absolute Gasteiger partial charge is 0.381 e. The van der Waals surface area contributed by atoms with Gasteiger partial charge in [-0.3, -0.25) is 0 Å². The number of hydrogen-bond donors (Lipinski definition) is 1. The molecule has 1 N–H and O–H groups in total. The Labute approximate surface area is 102 Å². The number of nitrogens with zero attached hydrogens (tertiary/aromatic N) is 2. The van der Waals surface area contributed by atoms with Gasteiger partial charge in [0.25, 0.3) is 0 Å². The molecule has 1 unspecified atom stereocenters. The summed E-state index contributed by atoms with van der Waals surface area (Å²) in [6.07, 6.45) is 3.80. The molecule has 0 bridgehead atoms. The van der Waals surface area contributed by atoms with Crippen LogP contribution in [0.2, 0.25) is 0 Å². The van der Waals surface area contributed by atoms with Crippen molar-refractivity contribution in [2.75, 3.05) is 18.5 Å². The number of aromatic nitrogens is 1. The number of hydrogen-bond acceptors (Lipinski definition) is 4. The molecule has 4 nitrogen and oxygen atoms in total. The molecule has 2 heterocycles. The normalized spacial score (nSPS) is 18.4. The molecule has 1 aliphatic rings. The quantitative estimate of drug-likeness (QED) is 0.866. The molecule has 2 rings (SSSR count). The minimum Gasteiger partial charge on any atom is -0.381 e. The van der Waals surface area contributed by atoms with Crippen LogP contribution in [0.3, 0.4) is 0 Å². The monoisotopic (exact) mass is 231 g/mol. The molecule has 90 valence electrons. The van der Waals surface area contributed by atoms with E-state index in [0.717, 1.165) is 31.7 Å². The summed E-state index contributed by atoms with van der Waals surface area (Å²) in [6, 6.07) is 6.20. The number of ether oxygens (including phenoxy) is 1. The highest BCUT2D eigenvalue weighted by Gasteiger charge is 2.20. The number of pyridine rings is 1. The molecule has 0 aliphatic carbocycles. The molecular weight excluding hydrogens is 214 g/mol. The van der Waals surface area contributed by atoms with Crippen molar-refractivity contribution in [1.82, 2.24) is 4.98 Å². The van der Waals surface area contributed by atoms with E-state index in [-0.39, 0.29) is 0 Å². The van der Waals surface area contributed by atoms with Gasteiger partial charge >= 0.3 is 0 Å². The van der Waals surface area contributed by atoms with Crippen LogP contribution in [0.15, 0.2) is 18.3 Å². The SMILES string of the molecule is CC(Nc1cccnc1C#N)C1CCOCC1. The summed E-state index contributed by atoms with van der Waals surface area (Å²) >= 11 is 0. The Balaban J connectivity index is 2.02. The third-order valence-corrected chi connectivity index (χ3v) is 3.27. The van der Waals surface area contributed by atoms with E-state index in [1.807, 2.05) is 12.1 Å². The van der Waals surface area contributed by atoms with E-state index in [0.29, 0.717) is 17.7 Å². The van der Waals surface area contributed by atoms with Crippen LogP contribution in [-0.4, -0.2) is 24.2 Å².